The normalized spacial score (nSPS) is 11.3. The number of fused-ring (bicyclic) bond motifs is 3. The number of hydrogen-bond donors (Lipinski definition) is 0. The van der Waals surface area contributed by atoms with Crippen LogP contribution in [0, 0.1) is 19.1 Å². The van der Waals surface area contributed by atoms with Gasteiger partial charge < -0.3 is 9.97 Å². The van der Waals surface area contributed by atoms with Gasteiger partial charge in [-0.25, -0.2) is 0 Å². The van der Waals surface area contributed by atoms with Crippen LogP contribution in [-0.2, 0) is 20.1 Å². The Bertz CT molecular complexity index is 1700. The molecule has 3 heterocycles. The molecule has 0 bridgehead atoms. The van der Waals surface area contributed by atoms with E-state index in [9.17, 15) is 0 Å². The maximum Gasteiger partial charge on any atom is 0.0794 e. The fraction of sp³-hybridized carbons (Fsp3) is 0.200. The Morgan fingerprint density at radius 1 is 0.725 bits per heavy atom. The third-order valence-electron chi connectivity index (χ3n) is 6.87. The van der Waals surface area contributed by atoms with Crippen molar-refractivity contribution >= 4 is 44.8 Å². The number of aromatic nitrogens is 2. The van der Waals surface area contributed by atoms with Gasteiger partial charge in [-0.15, -0.1) is 59.7 Å². The predicted molar refractivity (Wildman–Crippen MR) is 172 cm³/mol. The summed E-state index contributed by atoms with van der Waals surface area (Å²) < 4.78 is 2.74. The minimum Gasteiger partial charge on any atom is -0.304 e. The second kappa shape index (κ2) is 12.7. The summed E-state index contributed by atoms with van der Waals surface area (Å²) in [5, 5.41) is 4.24. The summed E-state index contributed by atoms with van der Waals surface area (Å²) in [6.45, 7) is 13.7. The van der Waals surface area contributed by atoms with Crippen molar-refractivity contribution in [1.29, 1.82) is 0 Å². The van der Waals surface area contributed by atoms with Gasteiger partial charge in [0.15, 0.2) is 0 Å². The number of hydrogen-bond acceptors (Lipinski definition) is 3. The number of thiophene rings is 1. The quantitative estimate of drug-likeness (QED) is 0.133. The zero-order chi connectivity index (χ0) is 27.6. The average Bonchev–Trinajstić information content (AvgIpc) is 3.33. The van der Waals surface area contributed by atoms with E-state index in [1.165, 1.54) is 31.3 Å². The van der Waals surface area contributed by atoms with E-state index in [4.69, 9.17) is 0 Å². The first-order valence-electron chi connectivity index (χ1n) is 13.4. The zero-order valence-corrected chi connectivity index (χ0v) is 28.1. The molecule has 6 aromatic rings. The molecule has 0 unspecified atom stereocenters. The van der Waals surface area contributed by atoms with Gasteiger partial charge in [0.2, 0.25) is 0 Å². The Hall–Kier alpha value is -2.95. The molecule has 0 N–H and O–H groups in total. The SMILES string of the molecule is CC(C)c1ccc(-c2[c-]cccc2)nc1.Cc1ccc(-c2[c-]ccc3c2sc2c([Si](C)(C)C)cccc23)nc1.[Ir]. The van der Waals surface area contributed by atoms with E-state index in [1.54, 1.807) is 5.19 Å². The van der Waals surface area contributed by atoms with Crippen molar-refractivity contribution in [2.24, 2.45) is 0 Å². The maximum atomic E-state index is 4.62. The topological polar surface area (TPSA) is 25.8 Å². The molecule has 40 heavy (non-hydrogen) atoms. The van der Waals surface area contributed by atoms with Crippen molar-refractivity contribution in [3.63, 3.8) is 0 Å². The fourth-order valence-electron chi connectivity index (χ4n) is 4.62. The molecule has 1 radical (unpaired) electrons. The summed E-state index contributed by atoms with van der Waals surface area (Å²) in [7, 11) is -1.38. The first-order valence-corrected chi connectivity index (χ1v) is 17.8. The van der Waals surface area contributed by atoms with E-state index in [-0.39, 0.29) is 20.1 Å². The molecule has 0 aliphatic carbocycles. The first-order chi connectivity index (χ1) is 18.7. The number of rotatable bonds is 4. The molecule has 2 nitrogen and oxygen atoms in total. The van der Waals surface area contributed by atoms with Crippen LogP contribution in [0.3, 0.4) is 0 Å². The smallest absolute Gasteiger partial charge is 0.0794 e. The molecule has 3 aromatic carbocycles. The van der Waals surface area contributed by atoms with E-state index >= 15 is 0 Å². The molecule has 0 aliphatic rings. The number of nitrogens with zero attached hydrogens (tertiary/aromatic N) is 2. The molecule has 0 saturated heterocycles. The van der Waals surface area contributed by atoms with E-state index in [1.807, 2.05) is 54.1 Å². The monoisotopic (exact) mass is 735 g/mol. The van der Waals surface area contributed by atoms with Crippen molar-refractivity contribution < 1.29 is 20.1 Å². The van der Waals surface area contributed by atoms with Crippen LogP contribution in [0.15, 0.2) is 91.3 Å². The average molecular weight is 735 g/mol. The van der Waals surface area contributed by atoms with Gasteiger partial charge in [-0.3, -0.25) is 0 Å². The van der Waals surface area contributed by atoms with Gasteiger partial charge >= 0.3 is 0 Å². The van der Waals surface area contributed by atoms with Gasteiger partial charge in [-0.05, 0) is 50.6 Å². The minimum atomic E-state index is -1.38. The molecular formula is C35H34IrN2SSi-2. The summed E-state index contributed by atoms with van der Waals surface area (Å²) in [6.07, 6.45) is 3.88. The Labute approximate surface area is 256 Å². The Balaban J connectivity index is 0.000000200. The van der Waals surface area contributed by atoms with Crippen molar-refractivity contribution in [1.82, 2.24) is 9.97 Å². The van der Waals surface area contributed by atoms with E-state index in [0.717, 1.165) is 22.5 Å². The maximum absolute atomic E-state index is 4.62. The van der Waals surface area contributed by atoms with Crippen LogP contribution >= 0.6 is 11.3 Å². The van der Waals surface area contributed by atoms with Crippen molar-refractivity contribution in [2.75, 3.05) is 0 Å². The van der Waals surface area contributed by atoms with E-state index < -0.39 is 8.07 Å². The second-order valence-electron chi connectivity index (χ2n) is 11.3. The molecule has 5 heteroatoms. The van der Waals surface area contributed by atoms with Crippen LogP contribution in [0.5, 0.6) is 0 Å². The third-order valence-corrected chi connectivity index (χ3v) is 10.4. The van der Waals surface area contributed by atoms with Crippen LogP contribution in [0.1, 0.15) is 30.9 Å². The van der Waals surface area contributed by atoms with Crippen LogP contribution in [0.25, 0.3) is 42.7 Å². The summed E-state index contributed by atoms with van der Waals surface area (Å²) in [5.74, 6) is 0.534. The van der Waals surface area contributed by atoms with Crippen molar-refractivity contribution in [2.45, 2.75) is 46.3 Å². The number of aryl methyl sites for hydroxylation is 1. The minimum absolute atomic E-state index is 0. The van der Waals surface area contributed by atoms with Gasteiger partial charge in [0.25, 0.3) is 0 Å². The molecule has 0 spiro atoms. The van der Waals surface area contributed by atoms with Gasteiger partial charge in [0, 0.05) is 37.2 Å². The van der Waals surface area contributed by atoms with Crippen molar-refractivity contribution in [3.05, 3.63) is 115 Å². The summed E-state index contributed by atoms with van der Waals surface area (Å²) in [6, 6.07) is 33.9. The van der Waals surface area contributed by atoms with Crippen LogP contribution in [0.4, 0.5) is 0 Å². The fourth-order valence-corrected chi connectivity index (χ4v) is 8.33. The third kappa shape index (κ3) is 6.50. The summed E-state index contributed by atoms with van der Waals surface area (Å²) >= 11 is 1.90. The van der Waals surface area contributed by atoms with Crippen LogP contribution < -0.4 is 5.19 Å². The molecule has 0 saturated carbocycles. The van der Waals surface area contributed by atoms with Crippen LogP contribution in [-0.4, -0.2) is 18.0 Å². The molecule has 3 aromatic heterocycles. The Morgan fingerprint density at radius 3 is 2.10 bits per heavy atom. The summed E-state index contributed by atoms with van der Waals surface area (Å²) in [5.41, 5.74) is 6.62. The molecular weight excluding hydrogens is 701 g/mol. The van der Waals surface area contributed by atoms with Crippen LogP contribution in [0.2, 0.25) is 19.6 Å². The number of pyridine rings is 2. The predicted octanol–water partition coefficient (Wildman–Crippen LogP) is 9.44. The summed E-state index contributed by atoms with van der Waals surface area (Å²) in [4.78, 5) is 9.06. The molecule has 205 valence electrons. The van der Waals surface area contributed by atoms with Crippen molar-refractivity contribution in [3.8, 4) is 22.5 Å². The van der Waals surface area contributed by atoms with Gasteiger partial charge in [0.1, 0.15) is 0 Å². The largest absolute Gasteiger partial charge is 0.304 e. The molecule has 0 amide bonds. The molecule has 0 atom stereocenters. The Morgan fingerprint density at radius 2 is 1.48 bits per heavy atom. The van der Waals surface area contributed by atoms with E-state index in [2.05, 4.69) is 111 Å². The van der Waals surface area contributed by atoms with Gasteiger partial charge in [0.05, 0.1) is 8.07 Å². The van der Waals surface area contributed by atoms with Gasteiger partial charge in [-0.1, -0.05) is 81.3 Å². The number of benzene rings is 3. The second-order valence-corrected chi connectivity index (χ2v) is 17.3. The molecule has 0 aliphatic heterocycles. The van der Waals surface area contributed by atoms with Gasteiger partial charge in [-0.2, -0.15) is 11.3 Å². The molecule has 6 rings (SSSR count). The standard InChI is InChI=1S/C21H20NSSi.C14H14N.Ir/c1-14-11-12-18(22-13-14)17-9-5-7-15-16-8-6-10-19(24(2,3)4)21(16)23-20(15)17;1-11(2)13-8-9-14(15-10-13)12-6-4-3-5-7-12;/h5-8,10-13H,1-4H3;3-6,8-11H,1-2H3;/q2*-1;. The Kier molecular flexibility index (Phi) is 9.53. The van der Waals surface area contributed by atoms with E-state index in [0.29, 0.717) is 5.92 Å². The first kappa shape index (κ1) is 30.0. The molecule has 0 fully saturated rings. The zero-order valence-electron chi connectivity index (χ0n) is 23.9.